The number of rotatable bonds is 5. The third-order valence-corrected chi connectivity index (χ3v) is 5.36. The van der Waals surface area contributed by atoms with Gasteiger partial charge in [0.2, 0.25) is 0 Å². The van der Waals surface area contributed by atoms with Gasteiger partial charge in [0, 0.05) is 23.2 Å². The van der Waals surface area contributed by atoms with Gasteiger partial charge in [0.15, 0.2) is 0 Å². The van der Waals surface area contributed by atoms with Crippen molar-refractivity contribution in [3.05, 3.63) is 41.1 Å². The largest absolute Gasteiger partial charge is 0.348 e. The number of nitriles is 1. The Morgan fingerprint density at radius 1 is 1.23 bits per heavy atom. The highest BCUT2D eigenvalue weighted by molar-refractivity contribution is 5.96. The minimum atomic E-state index is 0.0118. The van der Waals surface area contributed by atoms with E-state index in [0.717, 1.165) is 48.2 Å². The molecular weight excluding hydrogens is 324 g/mol. The molecule has 1 N–H and O–H groups in total. The van der Waals surface area contributed by atoms with Crippen LogP contribution in [0.3, 0.4) is 0 Å². The highest BCUT2D eigenvalue weighted by atomic mass is 16.2. The van der Waals surface area contributed by atoms with Crippen LogP contribution in [0.2, 0.25) is 0 Å². The number of amides is 1. The molecule has 1 amide bonds. The fourth-order valence-electron chi connectivity index (χ4n) is 3.53. The molecule has 2 aromatic rings. The summed E-state index contributed by atoms with van der Waals surface area (Å²) in [5.41, 5.74) is 4.31. The first-order chi connectivity index (χ1) is 12.6. The number of benzene rings is 1. The molecule has 0 atom stereocenters. The minimum Gasteiger partial charge on any atom is -0.348 e. The van der Waals surface area contributed by atoms with Crippen LogP contribution in [0.25, 0.3) is 11.3 Å². The lowest BCUT2D eigenvalue weighted by molar-refractivity contribution is 0.0903. The van der Waals surface area contributed by atoms with Gasteiger partial charge in [-0.25, -0.2) is 0 Å². The zero-order chi connectivity index (χ0) is 18.3. The molecule has 5 heteroatoms. The Labute approximate surface area is 154 Å². The molecule has 26 heavy (non-hydrogen) atoms. The predicted octanol–water partition coefficient (Wildman–Crippen LogP) is 4.16. The third-order valence-electron chi connectivity index (χ3n) is 5.36. The van der Waals surface area contributed by atoms with E-state index in [1.54, 1.807) is 0 Å². The molecule has 0 saturated heterocycles. The Hall–Kier alpha value is -2.61. The van der Waals surface area contributed by atoms with Crippen LogP contribution in [-0.2, 0) is 0 Å². The number of carbonyl (C=O) groups is 1. The highest BCUT2D eigenvalue weighted by Crippen LogP contribution is 2.46. The molecule has 0 radical (unpaired) electrons. The van der Waals surface area contributed by atoms with Crippen molar-refractivity contribution in [1.29, 1.82) is 5.26 Å². The fourth-order valence-corrected chi connectivity index (χ4v) is 3.53. The lowest BCUT2D eigenvalue weighted by Gasteiger charge is -2.27. The van der Waals surface area contributed by atoms with Gasteiger partial charge in [-0.15, -0.1) is 0 Å². The van der Waals surface area contributed by atoms with E-state index in [1.165, 1.54) is 6.42 Å². The second kappa shape index (κ2) is 6.60. The summed E-state index contributed by atoms with van der Waals surface area (Å²) in [6.45, 7) is 4.12. The zero-order valence-electron chi connectivity index (χ0n) is 15.3. The van der Waals surface area contributed by atoms with Crippen LogP contribution in [0.5, 0.6) is 0 Å². The summed E-state index contributed by atoms with van der Waals surface area (Å²) in [5, 5.41) is 17.1. The molecule has 2 aliphatic carbocycles. The van der Waals surface area contributed by atoms with Gasteiger partial charge in [-0.1, -0.05) is 12.1 Å². The molecular formula is C21H24N4O. The van der Waals surface area contributed by atoms with Crippen LogP contribution in [-0.4, -0.2) is 21.7 Å². The molecule has 4 rings (SSSR count). The summed E-state index contributed by atoms with van der Waals surface area (Å²) in [4.78, 5) is 13.1. The molecule has 1 aromatic carbocycles. The lowest BCUT2D eigenvalue weighted by Crippen LogP contribution is -2.40. The van der Waals surface area contributed by atoms with Gasteiger partial charge in [0.25, 0.3) is 5.91 Å². The highest BCUT2D eigenvalue weighted by Gasteiger charge is 2.36. The van der Waals surface area contributed by atoms with Crippen molar-refractivity contribution in [3.63, 3.8) is 0 Å². The predicted molar refractivity (Wildman–Crippen MR) is 99.8 cm³/mol. The van der Waals surface area contributed by atoms with Gasteiger partial charge in [0.1, 0.15) is 5.69 Å². The summed E-state index contributed by atoms with van der Waals surface area (Å²) >= 11 is 0. The van der Waals surface area contributed by atoms with Crippen LogP contribution in [0, 0.1) is 11.3 Å². The van der Waals surface area contributed by atoms with Crippen molar-refractivity contribution in [1.82, 2.24) is 15.1 Å². The molecule has 2 saturated carbocycles. The van der Waals surface area contributed by atoms with E-state index in [-0.39, 0.29) is 11.9 Å². The summed E-state index contributed by atoms with van der Waals surface area (Å²) in [5.74, 6) is 0.424. The SMILES string of the molecule is CC(C)n1nc(-c2ccc(C#N)cc2)c(C2CC2)c1C(=O)NC1CCC1. The maximum Gasteiger partial charge on any atom is 0.270 e. The number of aromatic nitrogens is 2. The van der Waals surface area contributed by atoms with E-state index in [2.05, 4.69) is 25.2 Å². The van der Waals surface area contributed by atoms with Crippen molar-refractivity contribution in [2.45, 2.75) is 64.0 Å². The van der Waals surface area contributed by atoms with E-state index in [4.69, 9.17) is 10.4 Å². The van der Waals surface area contributed by atoms with Crippen molar-refractivity contribution in [2.75, 3.05) is 0 Å². The zero-order valence-corrected chi connectivity index (χ0v) is 15.3. The Balaban J connectivity index is 1.79. The number of nitrogens with zero attached hydrogens (tertiary/aromatic N) is 3. The van der Waals surface area contributed by atoms with Crippen molar-refractivity contribution < 1.29 is 4.79 Å². The molecule has 134 valence electrons. The Bertz CT molecular complexity index is 865. The van der Waals surface area contributed by atoms with E-state index in [1.807, 2.05) is 28.9 Å². The van der Waals surface area contributed by atoms with Gasteiger partial charge in [-0.3, -0.25) is 9.48 Å². The molecule has 0 spiro atoms. The first-order valence-corrected chi connectivity index (χ1v) is 9.52. The van der Waals surface area contributed by atoms with Crippen LogP contribution in [0.15, 0.2) is 24.3 Å². The normalized spacial score (nSPS) is 17.0. The maximum absolute atomic E-state index is 13.1. The Morgan fingerprint density at radius 2 is 1.92 bits per heavy atom. The molecule has 0 bridgehead atoms. The summed E-state index contributed by atoms with van der Waals surface area (Å²) in [6, 6.07) is 10.1. The number of nitrogens with one attached hydrogen (secondary N) is 1. The maximum atomic E-state index is 13.1. The molecule has 1 heterocycles. The van der Waals surface area contributed by atoms with Crippen LogP contribution < -0.4 is 5.32 Å². The first kappa shape index (κ1) is 16.8. The van der Waals surface area contributed by atoms with Gasteiger partial charge >= 0.3 is 0 Å². The summed E-state index contributed by atoms with van der Waals surface area (Å²) < 4.78 is 1.88. The second-order valence-electron chi connectivity index (χ2n) is 7.71. The van der Waals surface area contributed by atoms with Gasteiger partial charge in [-0.2, -0.15) is 10.4 Å². The van der Waals surface area contributed by atoms with Crippen molar-refractivity contribution >= 4 is 5.91 Å². The number of hydrogen-bond acceptors (Lipinski definition) is 3. The van der Waals surface area contributed by atoms with Crippen molar-refractivity contribution in [3.8, 4) is 17.3 Å². The van der Waals surface area contributed by atoms with Gasteiger partial charge in [0.05, 0.1) is 17.3 Å². The quantitative estimate of drug-likeness (QED) is 0.882. The van der Waals surface area contributed by atoms with Gasteiger partial charge < -0.3 is 5.32 Å². The minimum absolute atomic E-state index is 0.0118. The fraction of sp³-hybridized carbons (Fsp3) is 0.476. The Morgan fingerprint density at radius 3 is 2.42 bits per heavy atom. The lowest BCUT2D eigenvalue weighted by atomic mass is 9.92. The second-order valence-corrected chi connectivity index (χ2v) is 7.71. The van der Waals surface area contributed by atoms with E-state index < -0.39 is 0 Å². The monoisotopic (exact) mass is 348 g/mol. The van der Waals surface area contributed by atoms with E-state index >= 15 is 0 Å². The summed E-state index contributed by atoms with van der Waals surface area (Å²) in [6.07, 6.45) is 5.56. The standard InChI is InChI=1S/C21H24N4O/c1-13(2)25-20(21(26)23-17-4-3-5-17)18(15-10-11-15)19(24-25)16-8-6-14(12-22)7-9-16/h6-9,13,15,17H,3-5,10-11H2,1-2H3,(H,23,26). The topological polar surface area (TPSA) is 70.7 Å². The molecule has 5 nitrogen and oxygen atoms in total. The van der Waals surface area contributed by atoms with Crippen LogP contribution >= 0.6 is 0 Å². The first-order valence-electron chi connectivity index (χ1n) is 9.52. The smallest absolute Gasteiger partial charge is 0.270 e. The summed E-state index contributed by atoms with van der Waals surface area (Å²) in [7, 11) is 0. The number of carbonyl (C=O) groups excluding carboxylic acids is 1. The van der Waals surface area contributed by atoms with E-state index in [0.29, 0.717) is 17.5 Å². The van der Waals surface area contributed by atoms with Crippen LogP contribution in [0.4, 0.5) is 0 Å². The third kappa shape index (κ3) is 3.01. The molecule has 1 aromatic heterocycles. The van der Waals surface area contributed by atoms with Gasteiger partial charge in [-0.05, 0) is 64.0 Å². The molecule has 2 fully saturated rings. The Kier molecular flexibility index (Phi) is 4.28. The number of hydrogen-bond donors (Lipinski definition) is 1. The molecule has 0 unspecified atom stereocenters. The van der Waals surface area contributed by atoms with Crippen molar-refractivity contribution in [2.24, 2.45) is 0 Å². The average molecular weight is 348 g/mol. The average Bonchev–Trinajstić information content (AvgIpc) is 3.36. The van der Waals surface area contributed by atoms with E-state index in [9.17, 15) is 4.79 Å². The molecule has 2 aliphatic rings. The molecule has 0 aliphatic heterocycles. The van der Waals surface area contributed by atoms with Crippen LogP contribution in [0.1, 0.15) is 79.5 Å².